The second-order valence-electron chi connectivity index (χ2n) is 5.77. The third-order valence-corrected chi connectivity index (χ3v) is 4.97. The highest BCUT2D eigenvalue weighted by Crippen LogP contribution is 2.31. The largest absolute Gasteiger partial charge is 0.328 e. The van der Waals surface area contributed by atoms with Gasteiger partial charge in [0, 0.05) is 29.7 Å². The number of fused-ring (bicyclic) bond motifs is 1. The molecule has 0 unspecified atom stereocenters. The van der Waals surface area contributed by atoms with E-state index in [-0.39, 0.29) is 11.5 Å². The lowest BCUT2D eigenvalue weighted by atomic mass is 10.1. The van der Waals surface area contributed by atoms with E-state index in [0.717, 1.165) is 26.5 Å². The van der Waals surface area contributed by atoms with Crippen LogP contribution >= 0.6 is 11.3 Å². The van der Waals surface area contributed by atoms with E-state index in [1.807, 2.05) is 37.3 Å². The summed E-state index contributed by atoms with van der Waals surface area (Å²) in [5.74, 6) is -0.285. The van der Waals surface area contributed by atoms with Crippen molar-refractivity contribution in [3.8, 4) is 10.6 Å². The van der Waals surface area contributed by atoms with Crippen LogP contribution in [0, 0.1) is 6.92 Å². The van der Waals surface area contributed by atoms with Crippen molar-refractivity contribution in [3.63, 3.8) is 0 Å². The Balaban J connectivity index is 1.66. The molecule has 0 aliphatic carbocycles. The van der Waals surface area contributed by atoms with E-state index in [1.54, 1.807) is 6.20 Å². The van der Waals surface area contributed by atoms with E-state index >= 15 is 0 Å². The number of aromatic amines is 1. The fraction of sp³-hybridized carbons (Fsp3) is 0.0526. The van der Waals surface area contributed by atoms with Gasteiger partial charge in [0.2, 0.25) is 5.56 Å². The first-order valence-corrected chi connectivity index (χ1v) is 8.74. The third-order valence-electron chi connectivity index (χ3n) is 3.95. The van der Waals surface area contributed by atoms with Crippen molar-refractivity contribution >= 4 is 33.3 Å². The molecule has 4 aromatic rings. The van der Waals surface area contributed by atoms with Crippen molar-refractivity contribution in [1.29, 1.82) is 0 Å². The van der Waals surface area contributed by atoms with Gasteiger partial charge in [-0.2, -0.15) is 0 Å². The van der Waals surface area contributed by atoms with Crippen LogP contribution < -0.4 is 10.9 Å². The molecular weight excluding hydrogens is 348 g/mol. The van der Waals surface area contributed by atoms with Crippen LogP contribution in [-0.2, 0) is 0 Å². The zero-order valence-electron chi connectivity index (χ0n) is 13.8. The molecule has 0 aliphatic heterocycles. The summed E-state index contributed by atoms with van der Waals surface area (Å²) in [6, 6.07) is 12.4. The molecule has 0 aliphatic rings. The number of pyridine rings is 2. The summed E-state index contributed by atoms with van der Waals surface area (Å²) in [7, 11) is 0. The standard InChI is InChI=1S/C19H14N4O2S/c1-11-4-5-12(18-23-14-3-2-8-20-19(14)26-18)9-15(11)22-17(25)13-6-7-16(24)21-10-13/h2-10H,1H3,(H,21,24)(H,22,25). The average Bonchev–Trinajstić information content (AvgIpc) is 3.08. The zero-order valence-corrected chi connectivity index (χ0v) is 14.6. The van der Waals surface area contributed by atoms with Crippen molar-refractivity contribution in [1.82, 2.24) is 15.0 Å². The topological polar surface area (TPSA) is 87.7 Å². The van der Waals surface area contributed by atoms with Crippen molar-refractivity contribution < 1.29 is 4.79 Å². The van der Waals surface area contributed by atoms with E-state index in [1.165, 1.54) is 29.7 Å². The maximum atomic E-state index is 12.4. The number of nitrogens with zero attached hydrogens (tertiary/aromatic N) is 2. The molecule has 2 N–H and O–H groups in total. The van der Waals surface area contributed by atoms with Gasteiger partial charge < -0.3 is 10.3 Å². The second kappa shape index (κ2) is 6.53. The molecule has 0 bridgehead atoms. The van der Waals surface area contributed by atoms with Gasteiger partial charge in [-0.25, -0.2) is 9.97 Å². The van der Waals surface area contributed by atoms with Gasteiger partial charge in [-0.15, -0.1) is 0 Å². The van der Waals surface area contributed by atoms with Crippen LogP contribution in [0.15, 0.2) is 59.7 Å². The molecule has 7 heteroatoms. The van der Waals surface area contributed by atoms with Gasteiger partial charge in [0.1, 0.15) is 15.4 Å². The summed E-state index contributed by atoms with van der Waals surface area (Å²) in [6.45, 7) is 1.92. The Bertz CT molecular complexity index is 1130. The highest BCUT2D eigenvalue weighted by atomic mass is 32.1. The Morgan fingerprint density at radius 3 is 2.85 bits per heavy atom. The Morgan fingerprint density at radius 1 is 1.19 bits per heavy atom. The number of carbonyl (C=O) groups is 1. The Morgan fingerprint density at radius 2 is 2.08 bits per heavy atom. The number of benzene rings is 1. The molecule has 4 rings (SSSR count). The number of aromatic nitrogens is 3. The molecule has 26 heavy (non-hydrogen) atoms. The van der Waals surface area contributed by atoms with Gasteiger partial charge in [-0.1, -0.05) is 23.5 Å². The highest BCUT2D eigenvalue weighted by molar-refractivity contribution is 7.21. The summed E-state index contributed by atoms with van der Waals surface area (Å²) < 4.78 is 0. The summed E-state index contributed by atoms with van der Waals surface area (Å²) in [4.78, 5) is 35.8. The lowest BCUT2D eigenvalue weighted by Gasteiger charge is -2.10. The fourth-order valence-electron chi connectivity index (χ4n) is 2.53. The number of aryl methyl sites for hydroxylation is 1. The molecule has 0 spiro atoms. The summed E-state index contributed by atoms with van der Waals surface area (Å²) >= 11 is 1.51. The lowest BCUT2D eigenvalue weighted by Crippen LogP contribution is -2.15. The fourth-order valence-corrected chi connectivity index (χ4v) is 3.43. The number of hydrogen-bond acceptors (Lipinski definition) is 5. The van der Waals surface area contributed by atoms with Gasteiger partial charge in [-0.05, 0) is 36.8 Å². The monoisotopic (exact) mass is 362 g/mol. The van der Waals surface area contributed by atoms with Gasteiger partial charge in [0.15, 0.2) is 0 Å². The van der Waals surface area contributed by atoms with Crippen LogP contribution in [0.2, 0.25) is 0 Å². The number of nitrogens with one attached hydrogen (secondary N) is 2. The second-order valence-corrected chi connectivity index (χ2v) is 6.75. The molecule has 3 aromatic heterocycles. The first-order valence-electron chi connectivity index (χ1n) is 7.93. The van der Waals surface area contributed by atoms with E-state index in [2.05, 4.69) is 20.3 Å². The Hall–Kier alpha value is -3.32. The summed E-state index contributed by atoms with van der Waals surface area (Å²) in [6.07, 6.45) is 3.14. The van der Waals surface area contributed by atoms with Crippen LogP contribution in [0.1, 0.15) is 15.9 Å². The molecular formula is C19H14N4O2S. The van der Waals surface area contributed by atoms with E-state index in [4.69, 9.17) is 0 Å². The van der Waals surface area contributed by atoms with Gasteiger partial charge in [-0.3, -0.25) is 9.59 Å². The molecule has 0 saturated heterocycles. The number of amides is 1. The van der Waals surface area contributed by atoms with Crippen LogP contribution in [0.4, 0.5) is 5.69 Å². The molecule has 0 saturated carbocycles. The number of rotatable bonds is 3. The first-order chi connectivity index (χ1) is 12.6. The molecule has 1 aromatic carbocycles. The average molecular weight is 362 g/mol. The van der Waals surface area contributed by atoms with E-state index < -0.39 is 0 Å². The SMILES string of the molecule is Cc1ccc(-c2nc3cccnc3s2)cc1NC(=O)c1ccc(=O)[nH]c1. The molecule has 1 amide bonds. The smallest absolute Gasteiger partial charge is 0.257 e. The number of hydrogen-bond donors (Lipinski definition) is 2. The molecule has 0 atom stereocenters. The maximum Gasteiger partial charge on any atom is 0.257 e. The molecule has 0 fully saturated rings. The van der Waals surface area contributed by atoms with Crippen molar-refractivity contribution in [2.24, 2.45) is 0 Å². The highest BCUT2D eigenvalue weighted by Gasteiger charge is 2.11. The van der Waals surface area contributed by atoms with Gasteiger partial charge >= 0.3 is 0 Å². The molecule has 128 valence electrons. The summed E-state index contributed by atoms with van der Waals surface area (Å²) in [5, 5.41) is 3.74. The zero-order chi connectivity index (χ0) is 18.1. The first kappa shape index (κ1) is 16.2. The minimum absolute atomic E-state index is 0.246. The van der Waals surface area contributed by atoms with Gasteiger partial charge in [0.05, 0.1) is 5.56 Å². The van der Waals surface area contributed by atoms with Crippen LogP contribution in [-0.4, -0.2) is 20.9 Å². The predicted octanol–water partition coefficient (Wildman–Crippen LogP) is 3.61. The molecule has 3 heterocycles. The van der Waals surface area contributed by atoms with Crippen LogP contribution in [0.25, 0.3) is 20.9 Å². The minimum atomic E-state index is -0.285. The lowest BCUT2D eigenvalue weighted by molar-refractivity contribution is 0.102. The Labute approximate surface area is 152 Å². The van der Waals surface area contributed by atoms with E-state index in [0.29, 0.717) is 11.3 Å². The number of anilines is 1. The quantitative estimate of drug-likeness (QED) is 0.583. The van der Waals surface area contributed by atoms with E-state index in [9.17, 15) is 9.59 Å². The third kappa shape index (κ3) is 3.12. The summed E-state index contributed by atoms with van der Waals surface area (Å²) in [5.41, 5.74) is 3.54. The molecule has 6 nitrogen and oxygen atoms in total. The number of thiazole rings is 1. The number of H-pyrrole nitrogens is 1. The van der Waals surface area contributed by atoms with Crippen LogP contribution in [0.5, 0.6) is 0 Å². The van der Waals surface area contributed by atoms with Crippen molar-refractivity contribution in [2.75, 3.05) is 5.32 Å². The van der Waals surface area contributed by atoms with Crippen molar-refractivity contribution in [2.45, 2.75) is 6.92 Å². The van der Waals surface area contributed by atoms with Gasteiger partial charge in [0.25, 0.3) is 5.91 Å². The minimum Gasteiger partial charge on any atom is -0.328 e. The predicted molar refractivity (Wildman–Crippen MR) is 103 cm³/mol. The van der Waals surface area contributed by atoms with Crippen molar-refractivity contribution in [3.05, 3.63) is 76.3 Å². The normalized spacial score (nSPS) is 10.8. The maximum absolute atomic E-state index is 12.4. The molecule has 0 radical (unpaired) electrons. The Kier molecular flexibility index (Phi) is 4.06. The number of carbonyl (C=O) groups excluding carboxylic acids is 1. The van der Waals surface area contributed by atoms with Crippen LogP contribution in [0.3, 0.4) is 0 Å².